The average molecular weight is 536 g/mol. The minimum Gasteiger partial charge on any atom is -0.343 e. The van der Waals surface area contributed by atoms with Crippen molar-refractivity contribution < 1.29 is 4.79 Å². The Morgan fingerprint density at radius 3 is 2.78 bits per heavy atom. The van der Waals surface area contributed by atoms with Gasteiger partial charge in [0.2, 0.25) is 5.91 Å². The zero-order chi connectivity index (χ0) is 25.6. The van der Waals surface area contributed by atoms with E-state index in [-0.39, 0.29) is 11.9 Å². The fraction of sp³-hybridized carbons (Fsp3) is 0.296. The molecule has 190 valence electrons. The maximum absolute atomic E-state index is 13.0. The molecule has 3 heterocycles. The number of hydrogen-bond acceptors (Lipinski definition) is 5. The van der Waals surface area contributed by atoms with Crippen LogP contribution in [0.5, 0.6) is 0 Å². The Balaban J connectivity index is 1.40. The number of nitrogens with one attached hydrogen (secondary N) is 2. The summed E-state index contributed by atoms with van der Waals surface area (Å²) in [5.41, 5.74) is 4.43. The van der Waals surface area contributed by atoms with Crippen LogP contribution >= 0.6 is 23.2 Å². The van der Waals surface area contributed by atoms with Gasteiger partial charge in [-0.25, -0.2) is 4.98 Å². The van der Waals surface area contributed by atoms with Crippen LogP contribution in [-0.4, -0.2) is 36.1 Å². The zero-order valence-electron chi connectivity index (χ0n) is 20.2. The van der Waals surface area contributed by atoms with Crippen molar-refractivity contribution in [1.82, 2.24) is 35.5 Å². The highest BCUT2D eigenvalue weighted by Crippen LogP contribution is 2.32. The summed E-state index contributed by atoms with van der Waals surface area (Å²) >= 11 is 12.8. The first-order chi connectivity index (χ1) is 18.1. The molecule has 1 atom stereocenters. The Hall–Kier alpha value is -3.49. The lowest BCUT2D eigenvalue weighted by atomic mass is 9.99. The molecule has 1 aliphatic rings. The van der Waals surface area contributed by atoms with Gasteiger partial charge in [-0.15, -0.1) is 5.10 Å². The Labute approximate surface area is 225 Å². The summed E-state index contributed by atoms with van der Waals surface area (Å²) in [4.78, 5) is 21.1. The van der Waals surface area contributed by atoms with Gasteiger partial charge in [0.25, 0.3) is 0 Å². The van der Waals surface area contributed by atoms with Gasteiger partial charge in [0, 0.05) is 22.2 Å². The topological polar surface area (TPSA) is 101 Å². The first kappa shape index (κ1) is 25.2. The second-order valence-electron chi connectivity index (χ2n) is 9.10. The largest absolute Gasteiger partial charge is 0.343 e. The van der Waals surface area contributed by atoms with E-state index in [1.165, 1.54) is 35.5 Å². The molecular weight excluding hydrogens is 509 g/mol. The van der Waals surface area contributed by atoms with E-state index < -0.39 is 0 Å². The van der Waals surface area contributed by atoms with E-state index in [9.17, 15) is 4.79 Å². The third kappa shape index (κ3) is 6.09. The fourth-order valence-corrected chi connectivity index (χ4v) is 5.10. The van der Waals surface area contributed by atoms with Crippen LogP contribution in [0, 0.1) is 0 Å². The van der Waals surface area contributed by atoms with Gasteiger partial charge in [-0.3, -0.25) is 4.79 Å². The van der Waals surface area contributed by atoms with Crippen molar-refractivity contribution in [3.05, 3.63) is 82.0 Å². The SMILES string of the molecule is O=C(/C=C/c1cc(Cl)ccc1-n1cnnn1)N[C@H]1CCCCCCCc2ccccc2-c2nc1[nH]c2Cl. The molecule has 0 saturated heterocycles. The van der Waals surface area contributed by atoms with E-state index in [1.54, 1.807) is 24.3 Å². The van der Waals surface area contributed by atoms with Gasteiger partial charge in [0.05, 0.1) is 11.7 Å². The van der Waals surface area contributed by atoms with Crippen LogP contribution in [0.15, 0.2) is 54.9 Å². The van der Waals surface area contributed by atoms with Crippen LogP contribution in [-0.2, 0) is 11.2 Å². The summed E-state index contributed by atoms with van der Waals surface area (Å²) in [5, 5.41) is 15.5. The van der Waals surface area contributed by atoms with Gasteiger partial charge >= 0.3 is 0 Å². The molecular formula is C27H27Cl2N7O. The van der Waals surface area contributed by atoms with E-state index in [4.69, 9.17) is 28.2 Å². The molecule has 2 aromatic heterocycles. The van der Waals surface area contributed by atoms with E-state index in [0.717, 1.165) is 43.4 Å². The normalized spacial score (nSPS) is 16.4. The number of amides is 1. The molecule has 10 heteroatoms. The lowest BCUT2D eigenvalue weighted by Gasteiger charge is -2.16. The third-order valence-corrected chi connectivity index (χ3v) is 7.04. The average Bonchev–Trinajstić information content (AvgIpc) is 3.56. The molecule has 0 unspecified atom stereocenters. The molecule has 2 aromatic carbocycles. The van der Waals surface area contributed by atoms with Crippen molar-refractivity contribution in [3.8, 4) is 16.9 Å². The zero-order valence-corrected chi connectivity index (χ0v) is 21.7. The highest BCUT2D eigenvalue weighted by molar-refractivity contribution is 6.32. The minimum absolute atomic E-state index is 0.244. The van der Waals surface area contributed by atoms with Gasteiger partial charge in [-0.1, -0.05) is 73.2 Å². The molecule has 1 amide bonds. The number of aryl methyl sites for hydroxylation is 1. The Morgan fingerprint density at radius 1 is 1.08 bits per heavy atom. The van der Waals surface area contributed by atoms with Crippen LogP contribution in [0.4, 0.5) is 0 Å². The summed E-state index contributed by atoms with van der Waals surface area (Å²) in [7, 11) is 0. The number of halogens is 2. The van der Waals surface area contributed by atoms with Crippen molar-refractivity contribution in [2.24, 2.45) is 0 Å². The fourth-order valence-electron chi connectivity index (χ4n) is 4.68. The maximum atomic E-state index is 13.0. The van der Waals surface area contributed by atoms with Gasteiger partial charge in [-0.05, 0) is 59.5 Å². The molecule has 1 aliphatic heterocycles. The molecule has 0 fully saturated rings. The number of H-pyrrole nitrogens is 1. The van der Waals surface area contributed by atoms with Crippen molar-refractivity contribution in [1.29, 1.82) is 0 Å². The number of nitrogens with zero attached hydrogens (tertiary/aromatic N) is 5. The number of hydrogen-bond donors (Lipinski definition) is 2. The van der Waals surface area contributed by atoms with Gasteiger partial charge in [-0.2, -0.15) is 4.68 Å². The number of tetrazole rings is 1. The smallest absolute Gasteiger partial charge is 0.244 e. The summed E-state index contributed by atoms with van der Waals surface area (Å²) < 4.78 is 1.52. The summed E-state index contributed by atoms with van der Waals surface area (Å²) in [6, 6.07) is 13.3. The Bertz CT molecular complexity index is 1400. The van der Waals surface area contributed by atoms with E-state index in [2.05, 4.69) is 44.0 Å². The van der Waals surface area contributed by atoms with Gasteiger partial charge in [0.1, 0.15) is 23.0 Å². The molecule has 4 aromatic rings. The third-order valence-electron chi connectivity index (χ3n) is 6.54. The molecule has 2 N–H and O–H groups in total. The summed E-state index contributed by atoms with van der Waals surface area (Å²) in [6.07, 6.45) is 12.0. The Kier molecular flexibility index (Phi) is 7.96. The molecule has 0 aliphatic carbocycles. The summed E-state index contributed by atoms with van der Waals surface area (Å²) in [5.74, 6) is 0.416. The molecule has 0 radical (unpaired) electrons. The van der Waals surface area contributed by atoms with Gasteiger partial charge < -0.3 is 10.3 Å². The number of carbonyl (C=O) groups excluding carboxylic acids is 1. The number of imidazole rings is 1. The maximum Gasteiger partial charge on any atom is 0.244 e. The molecule has 37 heavy (non-hydrogen) atoms. The van der Waals surface area contributed by atoms with Crippen LogP contribution < -0.4 is 5.32 Å². The second-order valence-corrected chi connectivity index (χ2v) is 9.91. The lowest BCUT2D eigenvalue weighted by molar-refractivity contribution is -0.117. The number of aromatic nitrogens is 6. The monoisotopic (exact) mass is 535 g/mol. The molecule has 2 bridgehead atoms. The number of aromatic amines is 1. The lowest BCUT2D eigenvalue weighted by Crippen LogP contribution is -2.27. The molecule has 5 rings (SSSR count). The standard InChI is InChI=1S/C27H27Cl2N7O/c28-20-13-14-23(36-17-30-34-35-36)19(16-20)12-15-24(37)31-22-11-5-3-1-2-4-8-18-9-6-7-10-21(18)25-26(29)33-27(22)32-25/h6-7,9-10,12-17,22H,1-5,8,11H2,(H,31,37)(H,32,33)/b15-12+/t22-/m0/s1. The van der Waals surface area contributed by atoms with E-state index in [1.807, 2.05) is 6.07 Å². The predicted octanol–water partition coefficient (Wildman–Crippen LogP) is 6.13. The number of rotatable bonds is 4. The van der Waals surface area contributed by atoms with Crippen LogP contribution in [0.3, 0.4) is 0 Å². The van der Waals surface area contributed by atoms with Crippen LogP contribution in [0.25, 0.3) is 23.0 Å². The number of carbonyl (C=O) groups is 1. The minimum atomic E-state index is -0.297. The van der Waals surface area contributed by atoms with Gasteiger partial charge in [0.15, 0.2) is 0 Å². The highest BCUT2D eigenvalue weighted by atomic mass is 35.5. The molecule has 0 spiro atoms. The van der Waals surface area contributed by atoms with E-state index >= 15 is 0 Å². The van der Waals surface area contributed by atoms with Crippen molar-refractivity contribution in [2.45, 2.75) is 51.0 Å². The van der Waals surface area contributed by atoms with Crippen molar-refractivity contribution in [3.63, 3.8) is 0 Å². The number of fused-ring (bicyclic) bond motifs is 4. The quantitative estimate of drug-likeness (QED) is 0.306. The Morgan fingerprint density at radius 2 is 1.92 bits per heavy atom. The highest BCUT2D eigenvalue weighted by Gasteiger charge is 2.21. The molecule has 8 nitrogen and oxygen atoms in total. The van der Waals surface area contributed by atoms with Crippen LogP contribution in [0.2, 0.25) is 10.2 Å². The second kappa shape index (κ2) is 11.7. The van der Waals surface area contributed by atoms with Crippen LogP contribution in [0.1, 0.15) is 61.5 Å². The van der Waals surface area contributed by atoms with Crippen molar-refractivity contribution >= 4 is 35.2 Å². The first-order valence-corrected chi connectivity index (χ1v) is 13.2. The first-order valence-electron chi connectivity index (χ1n) is 12.4. The number of benzene rings is 2. The van der Waals surface area contributed by atoms with E-state index in [0.29, 0.717) is 27.3 Å². The summed E-state index contributed by atoms with van der Waals surface area (Å²) in [6.45, 7) is 0. The predicted molar refractivity (Wildman–Crippen MR) is 145 cm³/mol. The molecule has 0 saturated carbocycles. The van der Waals surface area contributed by atoms with Crippen molar-refractivity contribution in [2.75, 3.05) is 0 Å².